The third kappa shape index (κ3) is 0.840. The van der Waals surface area contributed by atoms with E-state index in [4.69, 9.17) is 5.53 Å². The van der Waals surface area contributed by atoms with Crippen LogP contribution >= 0.6 is 0 Å². The lowest BCUT2D eigenvalue weighted by molar-refractivity contribution is -0.00479. The van der Waals surface area contributed by atoms with E-state index >= 15 is 0 Å². The van der Waals surface area contributed by atoms with Crippen molar-refractivity contribution in [1.82, 2.24) is 0 Å². The fraction of sp³-hybridized carbons (Fsp3) is 0.222. The lowest BCUT2D eigenvalue weighted by atomic mass is 10.1. The van der Waals surface area contributed by atoms with Crippen LogP contribution < -0.4 is 4.90 Å². The zero-order valence-electron chi connectivity index (χ0n) is 6.86. The number of benzene rings is 1. The summed E-state index contributed by atoms with van der Waals surface area (Å²) < 4.78 is 0. The van der Waals surface area contributed by atoms with Crippen molar-refractivity contribution in [2.75, 3.05) is 18.5 Å². The van der Waals surface area contributed by atoms with Crippen LogP contribution in [-0.4, -0.2) is 24.1 Å². The molecule has 1 aliphatic heterocycles. The highest BCUT2D eigenvalue weighted by atomic mass is 15.1. The Morgan fingerprint density at radius 3 is 2.92 bits per heavy atom. The van der Waals surface area contributed by atoms with Crippen molar-refractivity contribution in [2.24, 2.45) is 0 Å². The summed E-state index contributed by atoms with van der Waals surface area (Å²) in [7, 11) is 1.98. The zero-order chi connectivity index (χ0) is 8.55. The summed E-state index contributed by atoms with van der Waals surface area (Å²) in [5.41, 5.74) is 11.6. The average molecular weight is 159 g/mol. The van der Waals surface area contributed by atoms with E-state index in [1.807, 2.05) is 31.3 Å². The van der Waals surface area contributed by atoms with Gasteiger partial charge in [0.15, 0.2) is 0 Å². The van der Waals surface area contributed by atoms with E-state index in [9.17, 15) is 0 Å². The van der Waals surface area contributed by atoms with Gasteiger partial charge in [0, 0.05) is 7.05 Å². The molecule has 0 amide bonds. The number of hydrogen-bond acceptors (Lipinski definition) is 1. The first-order valence-electron chi connectivity index (χ1n) is 3.84. The van der Waals surface area contributed by atoms with Crippen molar-refractivity contribution < 1.29 is 4.79 Å². The fourth-order valence-corrected chi connectivity index (χ4v) is 1.53. The third-order valence-electron chi connectivity index (χ3n) is 2.13. The van der Waals surface area contributed by atoms with Gasteiger partial charge in [-0.2, -0.15) is 4.79 Å². The second-order valence-corrected chi connectivity index (χ2v) is 2.92. The Kier molecular flexibility index (Phi) is 1.45. The summed E-state index contributed by atoms with van der Waals surface area (Å²) in [4.78, 5) is 5.31. The SMILES string of the molecule is CN1CC(=[N+]=[N-])c2ccccc21. The highest BCUT2D eigenvalue weighted by Gasteiger charge is 2.27. The monoisotopic (exact) mass is 159 g/mol. The first-order valence-corrected chi connectivity index (χ1v) is 3.84. The summed E-state index contributed by atoms with van der Waals surface area (Å²) in [5, 5.41) is 0. The minimum atomic E-state index is 0.690. The van der Waals surface area contributed by atoms with Crippen LogP contribution in [-0.2, 0) is 0 Å². The van der Waals surface area contributed by atoms with Crippen molar-refractivity contribution in [1.29, 1.82) is 0 Å². The van der Waals surface area contributed by atoms with E-state index in [1.165, 1.54) is 0 Å². The minimum absolute atomic E-state index is 0.690. The molecule has 0 aromatic heterocycles. The number of hydrogen-bond donors (Lipinski definition) is 0. The molecular weight excluding hydrogens is 150 g/mol. The molecule has 2 rings (SSSR count). The zero-order valence-corrected chi connectivity index (χ0v) is 6.86. The molecule has 0 unspecified atom stereocenters. The van der Waals surface area contributed by atoms with Gasteiger partial charge in [0.05, 0.1) is 11.3 Å². The Bertz CT molecular complexity index is 364. The van der Waals surface area contributed by atoms with Crippen LogP contribution in [0.2, 0.25) is 0 Å². The molecule has 1 aliphatic rings. The molecule has 0 saturated carbocycles. The number of likely N-dealkylation sites (N-methyl/N-ethyl adjacent to an activating group) is 1. The Morgan fingerprint density at radius 1 is 1.42 bits per heavy atom. The molecule has 0 fully saturated rings. The number of nitrogens with zero attached hydrogens (tertiary/aromatic N) is 3. The van der Waals surface area contributed by atoms with Crippen molar-refractivity contribution in [3.05, 3.63) is 35.4 Å². The Labute approximate surface area is 70.9 Å². The van der Waals surface area contributed by atoms with Crippen molar-refractivity contribution in [2.45, 2.75) is 0 Å². The molecule has 0 radical (unpaired) electrons. The summed E-state index contributed by atoms with van der Waals surface area (Å²) in [6, 6.07) is 7.92. The van der Waals surface area contributed by atoms with Gasteiger partial charge in [-0.15, -0.1) is 0 Å². The van der Waals surface area contributed by atoms with Gasteiger partial charge in [-0.1, -0.05) is 12.1 Å². The quantitative estimate of drug-likeness (QED) is 0.413. The molecule has 60 valence electrons. The van der Waals surface area contributed by atoms with E-state index in [0.29, 0.717) is 6.54 Å². The first kappa shape index (κ1) is 7.07. The van der Waals surface area contributed by atoms with E-state index < -0.39 is 0 Å². The molecule has 3 nitrogen and oxygen atoms in total. The van der Waals surface area contributed by atoms with Gasteiger partial charge in [-0.05, 0) is 12.1 Å². The van der Waals surface area contributed by atoms with Crippen molar-refractivity contribution in [3.63, 3.8) is 0 Å². The molecule has 0 N–H and O–H groups in total. The van der Waals surface area contributed by atoms with Gasteiger partial charge in [-0.3, -0.25) is 0 Å². The normalized spacial score (nSPS) is 14.4. The van der Waals surface area contributed by atoms with Crippen LogP contribution in [0.15, 0.2) is 24.3 Å². The number of rotatable bonds is 0. The maximum atomic E-state index is 8.69. The van der Waals surface area contributed by atoms with Gasteiger partial charge in [0.25, 0.3) is 0 Å². The van der Waals surface area contributed by atoms with Gasteiger partial charge < -0.3 is 10.4 Å². The van der Waals surface area contributed by atoms with E-state index in [0.717, 1.165) is 17.0 Å². The predicted molar refractivity (Wildman–Crippen MR) is 47.4 cm³/mol. The molecule has 3 heteroatoms. The fourth-order valence-electron chi connectivity index (χ4n) is 1.53. The molecule has 0 atom stereocenters. The van der Waals surface area contributed by atoms with Gasteiger partial charge in [0.2, 0.25) is 0 Å². The summed E-state index contributed by atoms with van der Waals surface area (Å²) in [5.74, 6) is 0. The first-order chi connectivity index (χ1) is 5.83. The number of fused-ring (bicyclic) bond motifs is 1. The third-order valence-corrected chi connectivity index (χ3v) is 2.13. The highest BCUT2D eigenvalue weighted by Crippen LogP contribution is 2.24. The van der Waals surface area contributed by atoms with Crippen molar-refractivity contribution in [3.8, 4) is 0 Å². The Balaban J connectivity index is 2.65. The van der Waals surface area contributed by atoms with Crippen LogP contribution in [0.4, 0.5) is 5.69 Å². The van der Waals surface area contributed by atoms with Crippen molar-refractivity contribution >= 4 is 11.4 Å². The molecule has 12 heavy (non-hydrogen) atoms. The predicted octanol–water partition coefficient (Wildman–Crippen LogP) is 1.16. The summed E-state index contributed by atoms with van der Waals surface area (Å²) in [6.07, 6.45) is 0. The Morgan fingerprint density at radius 2 is 2.17 bits per heavy atom. The minimum Gasteiger partial charge on any atom is -0.363 e. The second-order valence-electron chi connectivity index (χ2n) is 2.92. The maximum Gasteiger partial charge on any atom is 0.320 e. The molecule has 1 heterocycles. The summed E-state index contributed by atoms with van der Waals surface area (Å²) in [6.45, 7) is 0.690. The molecular formula is C9H9N3. The van der Waals surface area contributed by atoms with Crippen LogP contribution in [0.1, 0.15) is 5.56 Å². The van der Waals surface area contributed by atoms with Gasteiger partial charge >= 0.3 is 5.71 Å². The molecule has 1 aromatic carbocycles. The average Bonchev–Trinajstić information content (AvgIpc) is 2.44. The smallest absolute Gasteiger partial charge is 0.320 e. The largest absolute Gasteiger partial charge is 0.363 e. The number of para-hydroxylation sites is 1. The van der Waals surface area contributed by atoms with Crippen LogP contribution in [0.3, 0.4) is 0 Å². The second kappa shape index (κ2) is 2.47. The molecule has 0 spiro atoms. The van der Waals surface area contributed by atoms with Crippen LogP contribution in [0.5, 0.6) is 0 Å². The Hall–Kier alpha value is -1.60. The lowest BCUT2D eigenvalue weighted by Crippen LogP contribution is -2.16. The van der Waals surface area contributed by atoms with E-state index in [2.05, 4.69) is 9.69 Å². The van der Waals surface area contributed by atoms with E-state index in [-0.39, 0.29) is 0 Å². The molecule has 0 saturated heterocycles. The van der Waals surface area contributed by atoms with Gasteiger partial charge in [0.1, 0.15) is 6.54 Å². The lowest BCUT2D eigenvalue weighted by Gasteiger charge is -2.07. The maximum absolute atomic E-state index is 8.69. The molecule has 0 aliphatic carbocycles. The van der Waals surface area contributed by atoms with Gasteiger partial charge in [-0.25, -0.2) is 0 Å². The molecule has 1 aromatic rings. The highest BCUT2D eigenvalue weighted by molar-refractivity contribution is 6.08. The standard InChI is InChI=1S/C9H9N3/c1-12-6-8(11-10)7-4-2-3-5-9(7)12/h2-5H,6H2,1H3. The number of anilines is 1. The van der Waals surface area contributed by atoms with E-state index in [1.54, 1.807) is 0 Å². The van der Waals surface area contributed by atoms with Crippen LogP contribution in [0.25, 0.3) is 5.53 Å². The molecule has 0 bridgehead atoms. The topological polar surface area (TPSA) is 39.6 Å². The summed E-state index contributed by atoms with van der Waals surface area (Å²) >= 11 is 0. The van der Waals surface area contributed by atoms with Crippen LogP contribution in [0, 0.1) is 0 Å².